The van der Waals surface area contributed by atoms with Gasteiger partial charge in [-0.05, 0) is 45.9 Å². The van der Waals surface area contributed by atoms with Gasteiger partial charge in [-0.3, -0.25) is 9.69 Å². The zero-order valence-electron chi connectivity index (χ0n) is 15.6. The molecule has 0 aliphatic heterocycles. The maximum absolute atomic E-state index is 12.9. The molecule has 5 heteroatoms. The Bertz CT molecular complexity index is 750. The number of hydrogen-bond donors (Lipinski definition) is 1. The minimum absolute atomic E-state index is 0.0328. The second kappa shape index (κ2) is 8.12. The Kier molecular flexibility index (Phi) is 6.15. The number of benzene rings is 1. The molecule has 1 atom stereocenters. The number of Topliss-reactive ketones (excluding diaryl/α,β-unsaturated/α-hetero) is 1. The molecule has 1 aromatic carbocycles. The van der Waals surface area contributed by atoms with Crippen LogP contribution >= 0.6 is 0 Å². The molecule has 0 spiro atoms. The quantitative estimate of drug-likeness (QED) is 0.618. The van der Waals surface area contributed by atoms with Crippen LogP contribution in [0.25, 0.3) is 0 Å². The lowest BCUT2D eigenvalue weighted by atomic mass is 10.0. The zero-order chi connectivity index (χ0) is 18.6. The van der Waals surface area contributed by atoms with Crippen LogP contribution in [0.3, 0.4) is 0 Å². The van der Waals surface area contributed by atoms with Gasteiger partial charge in [0.15, 0.2) is 5.78 Å². The van der Waals surface area contributed by atoms with Gasteiger partial charge in [-0.2, -0.15) is 0 Å². The van der Waals surface area contributed by atoms with Gasteiger partial charge in [-0.25, -0.2) is 4.79 Å². The molecule has 0 amide bonds. The molecule has 0 aliphatic carbocycles. The average molecular weight is 342 g/mol. The number of H-pyrrole nitrogens is 1. The number of aryl methyl sites for hydroxylation is 1. The first-order valence-corrected chi connectivity index (χ1v) is 8.51. The van der Waals surface area contributed by atoms with Crippen LogP contribution < -0.4 is 0 Å². The van der Waals surface area contributed by atoms with E-state index in [0.29, 0.717) is 35.7 Å². The number of carbonyl (C=O) groups is 2. The third kappa shape index (κ3) is 4.17. The summed E-state index contributed by atoms with van der Waals surface area (Å²) in [5.74, 6) is -0.423. The second-order valence-electron chi connectivity index (χ2n) is 6.29. The molecule has 0 bridgehead atoms. The van der Waals surface area contributed by atoms with Gasteiger partial charge in [0, 0.05) is 12.2 Å². The largest absolute Gasteiger partial charge is 0.462 e. The molecule has 2 aromatic rings. The fourth-order valence-corrected chi connectivity index (χ4v) is 2.92. The van der Waals surface area contributed by atoms with Crippen LogP contribution in [0.2, 0.25) is 0 Å². The van der Waals surface area contributed by atoms with E-state index in [1.807, 2.05) is 49.2 Å². The van der Waals surface area contributed by atoms with Crippen LogP contribution in [0, 0.1) is 13.8 Å². The summed E-state index contributed by atoms with van der Waals surface area (Å²) >= 11 is 0. The smallest absolute Gasteiger partial charge is 0.340 e. The molecular formula is C20H26N2O3. The van der Waals surface area contributed by atoms with E-state index in [-0.39, 0.29) is 11.8 Å². The first-order chi connectivity index (χ1) is 11.9. The summed E-state index contributed by atoms with van der Waals surface area (Å²) in [6.07, 6.45) is 0. The fourth-order valence-electron chi connectivity index (χ4n) is 2.92. The fraction of sp³-hybridized carbons (Fsp3) is 0.400. The van der Waals surface area contributed by atoms with E-state index in [2.05, 4.69) is 4.98 Å². The second-order valence-corrected chi connectivity index (χ2v) is 6.29. The molecule has 5 nitrogen and oxygen atoms in total. The lowest BCUT2D eigenvalue weighted by Gasteiger charge is -2.23. The van der Waals surface area contributed by atoms with E-state index in [9.17, 15) is 9.59 Å². The number of hydrogen-bond acceptors (Lipinski definition) is 4. The highest BCUT2D eigenvalue weighted by molar-refractivity contribution is 6.03. The van der Waals surface area contributed by atoms with Gasteiger partial charge >= 0.3 is 5.97 Å². The lowest BCUT2D eigenvalue weighted by Crippen LogP contribution is -2.36. The third-order valence-corrected chi connectivity index (χ3v) is 4.48. The van der Waals surface area contributed by atoms with Gasteiger partial charge in [0.2, 0.25) is 0 Å². The van der Waals surface area contributed by atoms with Gasteiger partial charge in [-0.15, -0.1) is 0 Å². The monoisotopic (exact) mass is 342 g/mol. The minimum atomic E-state index is -0.391. The van der Waals surface area contributed by atoms with Crippen molar-refractivity contribution in [1.82, 2.24) is 9.88 Å². The van der Waals surface area contributed by atoms with Crippen molar-refractivity contribution in [3.8, 4) is 0 Å². The number of nitrogens with zero attached hydrogens (tertiary/aromatic N) is 1. The van der Waals surface area contributed by atoms with Crippen LogP contribution in [0.1, 0.15) is 51.5 Å². The van der Waals surface area contributed by atoms with Crippen molar-refractivity contribution >= 4 is 11.8 Å². The molecule has 1 unspecified atom stereocenters. The van der Waals surface area contributed by atoms with Crippen molar-refractivity contribution in [3.63, 3.8) is 0 Å². The standard InChI is InChI=1S/C20H26N2O3/c1-6-25-20(24)17-13(2)18(21-14(17)3)19(23)15(4)22(5)12-16-10-8-7-9-11-16/h7-11,15,21H,6,12H2,1-5H3. The third-order valence-electron chi connectivity index (χ3n) is 4.48. The first kappa shape index (κ1) is 18.9. The van der Waals surface area contributed by atoms with E-state index in [1.54, 1.807) is 20.8 Å². The summed E-state index contributed by atoms with van der Waals surface area (Å²) in [6, 6.07) is 9.71. The minimum Gasteiger partial charge on any atom is -0.462 e. The van der Waals surface area contributed by atoms with Crippen molar-refractivity contribution in [3.05, 3.63) is 58.4 Å². The molecule has 0 radical (unpaired) electrons. The molecule has 0 fully saturated rings. The number of nitrogens with one attached hydrogen (secondary N) is 1. The van der Waals surface area contributed by atoms with Gasteiger partial charge in [0.1, 0.15) is 0 Å². The highest BCUT2D eigenvalue weighted by atomic mass is 16.5. The average Bonchev–Trinajstić information content (AvgIpc) is 2.89. The highest BCUT2D eigenvalue weighted by Gasteiger charge is 2.27. The SMILES string of the molecule is CCOC(=O)c1c(C)[nH]c(C(=O)C(C)N(C)Cc2ccccc2)c1C. The molecule has 0 saturated carbocycles. The van der Waals surface area contributed by atoms with Gasteiger partial charge in [-0.1, -0.05) is 30.3 Å². The molecule has 1 heterocycles. The Labute approximate surface area is 149 Å². The van der Waals surface area contributed by atoms with Crippen LogP contribution in [-0.4, -0.2) is 41.3 Å². The van der Waals surface area contributed by atoms with Crippen molar-refractivity contribution < 1.29 is 14.3 Å². The number of carbonyl (C=O) groups excluding carboxylic acids is 2. The van der Waals surface area contributed by atoms with Crippen LogP contribution in [-0.2, 0) is 11.3 Å². The number of rotatable bonds is 7. The van der Waals surface area contributed by atoms with Crippen LogP contribution in [0.5, 0.6) is 0 Å². The number of ketones is 1. The van der Waals surface area contributed by atoms with E-state index in [1.165, 1.54) is 0 Å². The predicted octanol–water partition coefficient (Wildman–Crippen LogP) is 3.51. The maximum atomic E-state index is 12.9. The first-order valence-electron chi connectivity index (χ1n) is 8.51. The molecule has 1 N–H and O–H groups in total. The summed E-state index contributed by atoms with van der Waals surface area (Å²) in [7, 11) is 1.92. The predicted molar refractivity (Wildman–Crippen MR) is 97.9 cm³/mol. The Morgan fingerprint density at radius 1 is 1.20 bits per heavy atom. The van der Waals surface area contributed by atoms with Crippen molar-refractivity contribution in [2.45, 2.75) is 40.3 Å². The summed E-state index contributed by atoms with van der Waals surface area (Å²) in [5.41, 5.74) is 3.41. The highest BCUT2D eigenvalue weighted by Crippen LogP contribution is 2.21. The number of aromatic amines is 1. The van der Waals surface area contributed by atoms with Gasteiger partial charge in [0.25, 0.3) is 0 Å². The molecule has 0 saturated heterocycles. The van der Waals surface area contributed by atoms with E-state index >= 15 is 0 Å². The zero-order valence-corrected chi connectivity index (χ0v) is 15.6. The Morgan fingerprint density at radius 3 is 2.44 bits per heavy atom. The number of aromatic nitrogens is 1. The molecule has 134 valence electrons. The molecule has 2 rings (SSSR count). The molecule has 0 aliphatic rings. The maximum Gasteiger partial charge on any atom is 0.340 e. The molecular weight excluding hydrogens is 316 g/mol. The summed E-state index contributed by atoms with van der Waals surface area (Å²) in [5, 5.41) is 0. The van der Waals surface area contributed by atoms with Crippen LogP contribution in [0.15, 0.2) is 30.3 Å². The normalized spacial score (nSPS) is 12.2. The Morgan fingerprint density at radius 2 is 1.84 bits per heavy atom. The van der Waals surface area contributed by atoms with E-state index in [4.69, 9.17) is 4.74 Å². The van der Waals surface area contributed by atoms with Crippen LogP contribution in [0.4, 0.5) is 0 Å². The number of likely N-dealkylation sites (N-methyl/N-ethyl adjacent to an activating group) is 1. The van der Waals surface area contributed by atoms with Crippen molar-refractivity contribution in [1.29, 1.82) is 0 Å². The summed E-state index contributed by atoms with van der Waals surface area (Å²) in [6.45, 7) is 8.20. The molecule has 1 aromatic heterocycles. The summed E-state index contributed by atoms with van der Waals surface area (Å²) in [4.78, 5) is 30.1. The summed E-state index contributed by atoms with van der Waals surface area (Å²) < 4.78 is 5.09. The Balaban J connectivity index is 2.19. The van der Waals surface area contributed by atoms with Crippen molar-refractivity contribution in [2.75, 3.05) is 13.7 Å². The van der Waals surface area contributed by atoms with Crippen molar-refractivity contribution in [2.24, 2.45) is 0 Å². The van der Waals surface area contributed by atoms with E-state index < -0.39 is 5.97 Å². The number of esters is 1. The van der Waals surface area contributed by atoms with Gasteiger partial charge < -0.3 is 9.72 Å². The topological polar surface area (TPSA) is 62.4 Å². The van der Waals surface area contributed by atoms with E-state index in [0.717, 1.165) is 5.56 Å². The Hall–Kier alpha value is -2.40. The molecule has 25 heavy (non-hydrogen) atoms. The lowest BCUT2D eigenvalue weighted by molar-refractivity contribution is 0.0525. The number of ether oxygens (including phenoxy) is 1. The van der Waals surface area contributed by atoms with Gasteiger partial charge in [0.05, 0.1) is 23.9 Å².